The first-order valence-corrected chi connectivity index (χ1v) is 9.60. The van der Waals surface area contributed by atoms with Crippen LogP contribution < -0.4 is 5.32 Å². The fourth-order valence-electron chi connectivity index (χ4n) is 3.25. The highest BCUT2D eigenvalue weighted by Crippen LogP contribution is 2.20. The number of benzene rings is 1. The summed E-state index contributed by atoms with van der Waals surface area (Å²) in [6.45, 7) is 1.64. The van der Waals surface area contributed by atoms with Gasteiger partial charge in [0.1, 0.15) is 0 Å². The van der Waals surface area contributed by atoms with Crippen LogP contribution in [0.3, 0.4) is 0 Å². The minimum Gasteiger partial charge on any atom is -0.341 e. The normalized spacial score (nSPS) is 23.2. The second-order valence-corrected chi connectivity index (χ2v) is 7.84. The fourth-order valence-corrected chi connectivity index (χ4v) is 4.57. The van der Waals surface area contributed by atoms with E-state index in [2.05, 4.69) is 11.4 Å². The number of carbonyl (C=O) groups is 1. The Kier molecular flexibility index (Phi) is 5.66. The van der Waals surface area contributed by atoms with Crippen molar-refractivity contribution in [3.63, 3.8) is 0 Å². The third-order valence-electron chi connectivity index (χ3n) is 4.47. The average molecular weight is 339 g/mol. The first-order valence-electron chi connectivity index (χ1n) is 8.07. The predicted octanol–water partition coefficient (Wildman–Crippen LogP) is 2.97. The van der Waals surface area contributed by atoms with E-state index in [0.29, 0.717) is 18.5 Å². The van der Waals surface area contributed by atoms with Gasteiger partial charge in [-0.05, 0) is 48.5 Å². The Balaban J connectivity index is 1.47. The Morgan fingerprint density at radius 2 is 2.09 bits per heavy atom. The molecule has 1 aromatic carbocycles. The molecule has 1 unspecified atom stereocenters. The van der Waals surface area contributed by atoms with Crippen LogP contribution in [-0.2, 0) is 11.2 Å². The van der Waals surface area contributed by atoms with Gasteiger partial charge in [0.05, 0.1) is 0 Å². The highest BCUT2D eigenvalue weighted by molar-refractivity contribution is 7.99. The van der Waals surface area contributed by atoms with E-state index in [1.165, 1.54) is 29.9 Å². The summed E-state index contributed by atoms with van der Waals surface area (Å²) in [5.41, 5.74) is 1.20. The molecule has 2 aliphatic rings. The zero-order chi connectivity index (χ0) is 15.4. The highest BCUT2D eigenvalue weighted by atomic mass is 35.5. The Labute approximate surface area is 141 Å². The minimum absolute atomic E-state index is 0.282. The molecule has 2 saturated heterocycles. The lowest BCUT2D eigenvalue weighted by atomic mass is 10.1. The topological polar surface area (TPSA) is 32.3 Å². The Hall–Kier alpha value is -0.710. The molecule has 1 N–H and O–H groups in total. The summed E-state index contributed by atoms with van der Waals surface area (Å²) in [6, 6.07) is 8.84. The van der Waals surface area contributed by atoms with Gasteiger partial charge in [-0.25, -0.2) is 0 Å². The molecular weight excluding hydrogens is 316 g/mol. The summed E-state index contributed by atoms with van der Waals surface area (Å²) < 4.78 is 0. The molecular formula is C17H23ClN2OS. The van der Waals surface area contributed by atoms with Gasteiger partial charge in [-0.2, -0.15) is 11.8 Å². The van der Waals surface area contributed by atoms with Crippen LogP contribution in [0.15, 0.2) is 24.3 Å². The van der Waals surface area contributed by atoms with Crippen molar-refractivity contribution in [2.45, 2.75) is 37.8 Å². The molecule has 2 aliphatic heterocycles. The predicted molar refractivity (Wildman–Crippen MR) is 93.6 cm³/mol. The second kappa shape index (κ2) is 7.71. The second-order valence-electron chi connectivity index (χ2n) is 6.17. The number of likely N-dealkylation sites (tertiary alicyclic amines) is 1. The Morgan fingerprint density at radius 3 is 2.86 bits per heavy atom. The number of carbonyl (C=O) groups excluding carboxylic acids is 1. The first-order chi connectivity index (χ1) is 10.7. The van der Waals surface area contributed by atoms with Gasteiger partial charge in [-0.15, -0.1) is 0 Å². The van der Waals surface area contributed by atoms with Crippen LogP contribution in [-0.4, -0.2) is 47.5 Å². The van der Waals surface area contributed by atoms with Gasteiger partial charge in [0.2, 0.25) is 5.91 Å². The zero-order valence-electron chi connectivity index (χ0n) is 12.8. The maximum absolute atomic E-state index is 12.2. The van der Waals surface area contributed by atoms with E-state index in [1.807, 2.05) is 34.9 Å². The van der Waals surface area contributed by atoms with Gasteiger partial charge in [-0.3, -0.25) is 4.79 Å². The van der Waals surface area contributed by atoms with E-state index in [4.69, 9.17) is 11.6 Å². The number of nitrogens with zero attached hydrogens (tertiary/aromatic N) is 1. The summed E-state index contributed by atoms with van der Waals surface area (Å²) in [4.78, 5) is 14.2. The third kappa shape index (κ3) is 4.40. The molecule has 1 aromatic rings. The standard InChI is InChI=1S/C17H23ClN2OS/c18-14-3-1-2-13(10-14)4-7-20-12-16(11-17(20)21)19-15-5-8-22-9-6-15/h1-3,10,15-16,19H,4-9,11-12H2. The molecule has 22 heavy (non-hydrogen) atoms. The van der Waals surface area contributed by atoms with Crippen LogP contribution in [0.1, 0.15) is 24.8 Å². The lowest BCUT2D eigenvalue weighted by molar-refractivity contribution is -0.127. The highest BCUT2D eigenvalue weighted by Gasteiger charge is 2.30. The summed E-state index contributed by atoms with van der Waals surface area (Å²) in [6.07, 6.45) is 3.99. The maximum Gasteiger partial charge on any atom is 0.224 e. The van der Waals surface area contributed by atoms with Crippen LogP contribution in [0.5, 0.6) is 0 Å². The SMILES string of the molecule is O=C1CC(NC2CCSCC2)CN1CCc1cccc(Cl)c1. The van der Waals surface area contributed by atoms with Gasteiger partial charge < -0.3 is 10.2 Å². The molecule has 2 heterocycles. The number of halogens is 1. The number of hydrogen-bond donors (Lipinski definition) is 1. The number of rotatable bonds is 5. The van der Waals surface area contributed by atoms with Gasteiger partial charge in [0.15, 0.2) is 0 Å². The monoisotopic (exact) mass is 338 g/mol. The molecule has 120 valence electrons. The number of thioether (sulfide) groups is 1. The van der Waals surface area contributed by atoms with E-state index >= 15 is 0 Å². The van der Waals surface area contributed by atoms with Crippen molar-refractivity contribution in [1.82, 2.24) is 10.2 Å². The van der Waals surface area contributed by atoms with Crippen LogP contribution in [0, 0.1) is 0 Å². The molecule has 2 fully saturated rings. The molecule has 3 nitrogen and oxygen atoms in total. The molecule has 0 aliphatic carbocycles. The van der Waals surface area contributed by atoms with E-state index in [1.54, 1.807) is 0 Å². The molecule has 3 rings (SSSR count). The number of nitrogens with one attached hydrogen (secondary N) is 1. The third-order valence-corrected chi connectivity index (χ3v) is 5.75. The average Bonchev–Trinajstić information content (AvgIpc) is 2.86. The minimum atomic E-state index is 0.282. The Morgan fingerprint density at radius 1 is 1.27 bits per heavy atom. The lowest BCUT2D eigenvalue weighted by Crippen LogP contribution is -2.42. The van der Waals surface area contributed by atoms with Gasteiger partial charge in [-0.1, -0.05) is 23.7 Å². The van der Waals surface area contributed by atoms with Gasteiger partial charge in [0.25, 0.3) is 0 Å². The first kappa shape index (κ1) is 16.2. The molecule has 5 heteroatoms. The van der Waals surface area contributed by atoms with E-state index in [9.17, 15) is 4.79 Å². The summed E-state index contributed by atoms with van der Waals surface area (Å²) in [5.74, 6) is 2.78. The summed E-state index contributed by atoms with van der Waals surface area (Å²) in [7, 11) is 0. The van der Waals surface area contributed by atoms with Gasteiger partial charge >= 0.3 is 0 Å². The van der Waals surface area contributed by atoms with Crippen LogP contribution >= 0.6 is 23.4 Å². The lowest BCUT2D eigenvalue weighted by Gasteiger charge is -2.26. The number of hydrogen-bond acceptors (Lipinski definition) is 3. The number of amides is 1. The fraction of sp³-hybridized carbons (Fsp3) is 0.588. The molecule has 0 bridgehead atoms. The Bertz CT molecular complexity index is 519. The maximum atomic E-state index is 12.2. The smallest absolute Gasteiger partial charge is 0.224 e. The quantitative estimate of drug-likeness (QED) is 0.895. The van der Waals surface area contributed by atoms with Gasteiger partial charge in [0, 0.05) is 36.6 Å². The summed E-state index contributed by atoms with van der Waals surface area (Å²) >= 11 is 8.04. The van der Waals surface area contributed by atoms with Crippen molar-refractivity contribution < 1.29 is 4.79 Å². The van der Waals surface area contributed by atoms with Crippen molar-refractivity contribution in [3.05, 3.63) is 34.9 Å². The zero-order valence-corrected chi connectivity index (χ0v) is 14.3. The van der Waals surface area contributed by atoms with E-state index in [0.717, 1.165) is 24.5 Å². The molecule has 1 amide bonds. The van der Waals surface area contributed by atoms with Crippen molar-refractivity contribution in [3.8, 4) is 0 Å². The molecule has 0 aromatic heterocycles. The largest absolute Gasteiger partial charge is 0.341 e. The van der Waals surface area contributed by atoms with Crippen molar-refractivity contribution in [1.29, 1.82) is 0 Å². The van der Waals surface area contributed by atoms with Crippen LogP contribution in [0.4, 0.5) is 0 Å². The van der Waals surface area contributed by atoms with Crippen LogP contribution in [0.25, 0.3) is 0 Å². The molecule has 0 radical (unpaired) electrons. The van der Waals surface area contributed by atoms with Crippen LogP contribution in [0.2, 0.25) is 5.02 Å². The van der Waals surface area contributed by atoms with E-state index in [-0.39, 0.29) is 5.91 Å². The van der Waals surface area contributed by atoms with Crippen molar-refractivity contribution in [2.75, 3.05) is 24.6 Å². The molecule has 1 atom stereocenters. The van der Waals surface area contributed by atoms with Crippen molar-refractivity contribution in [2.24, 2.45) is 0 Å². The van der Waals surface area contributed by atoms with E-state index < -0.39 is 0 Å². The van der Waals surface area contributed by atoms with Crippen molar-refractivity contribution >= 4 is 29.3 Å². The molecule has 0 saturated carbocycles. The summed E-state index contributed by atoms with van der Waals surface area (Å²) in [5, 5.41) is 4.45. The molecule has 0 spiro atoms.